The topological polar surface area (TPSA) is 56.0 Å². The Morgan fingerprint density at radius 1 is 1.17 bits per heavy atom. The number of aromatic nitrogens is 2. The molecule has 1 N–H and O–H groups in total. The molecule has 24 heavy (non-hydrogen) atoms. The predicted molar refractivity (Wildman–Crippen MR) is 96.7 cm³/mol. The minimum absolute atomic E-state index is 0.0392. The van der Waals surface area contributed by atoms with Crippen molar-refractivity contribution in [3.63, 3.8) is 0 Å². The van der Waals surface area contributed by atoms with Crippen molar-refractivity contribution in [3.05, 3.63) is 63.7 Å². The summed E-state index contributed by atoms with van der Waals surface area (Å²) in [6.07, 6.45) is 3.52. The molecule has 1 amide bonds. The quantitative estimate of drug-likeness (QED) is 0.789. The Balaban J connectivity index is 1.83. The van der Waals surface area contributed by atoms with Crippen molar-refractivity contribution in [2.45, 2.75) is 26.9 Å². The highest BCUT2D eigenvalue weighted by Gasteiger charge is 2.10. The molecule has 0 aliphatic heterocycles. The third-order valence-corrected chi connectivity index (χ3v) is 4.26. The van der Waals surface area contributed by atoms with E-state index in [4.69, 9.17) is 11.6 Å². The lowest BCUT2D eigenvalue weighted by Gasteiger charge is -2.10. The molecule has 0 aliphatic carbocycles. The fourth-order valence-electron chi connectivity index (χ4n) is 2.73. The number of amides is 1. The molecular formula is C18H18ClN3O2. The highest BCUT2D eigenvalue weighted by Crippen LogP contribution is 2.20. The van der Waals surface area contributed by atoms with Gasteiger partial charge in [-0.2, -0.15) is 0 Å². The van der Waals surface area contributed by atoms with Crippen LogP contribution in [0, 0.1) is 6.92 Å². The average molecular weight is 344 g/mol. The van der Waals surface area contributed by atoms with Gasteiger partial charge in [0, 0.05) is 29.6 Å². The highest BCUT2D eigenvalue weighted by atomic mass is 35.5. The van der Waals surface area contributed by atoms with Crippen LogP contribution in [0.25, 0.3) is 10.9 Å². The van der Waals surface area contributed by atoms with Gasteiger partial charge in [-0.15, -0.1) is 0 Å². The summed E-state index contributed by atoms with van der Waals surface area (Å²) in [6, 6.07) is 8.94. The van der Waals surface area contributed by atoms with E-state index in [1.807, 2.05) is 19.9 Å². The first-order valence-electron chi connectivity index (χ1n) is 7.74. The first-order chi connectivity index (χ1) is 11.5. The second-order valence-electron chi connectivity index (χ2n) is 5.66. The summed E-state index contributed by atoms with van der Waals surface area (Å²) in [6.45, 7) is 4.57. The van der Waals surface area contributed by atoms with Gasteiger partial charge in [0.1, 0.15) is 6.54 Å². The van der Waals surface area contributed by atoms with Crippen LogP contribution in [-0.2, 0) is 17.9 Å². The number of hydrogen-bond acceptors (Lipinski definition) is 2. The summed E-state index contributed by atoms with van der Waals surface area (Å²) in [5.74, 6) is -0.155. The maximum atomic E-state index is 12.3. The fraction of sp³-hybridized carbons (Fsp3) is 0.222. The van der Waals surface area contributed by atoms with Crippen molar-refractivity contribution in [3.8, 4) is 0 Å². The summed E-state index contributed by atoms with van der Waals surface area (Å²) in [5, 5.41) is 4.13. The minimum Gasteiger partial charge on any atom is -0.338 e. The molecule has 2 heterocycles. The lowest BCUT2D eigenvalue weighted by atomic mass is 10.2. The summed E-state index contributed by atoms with van der Waals surface area (Å²) >= 11 is 5.93. The minimum atomic E-state index is -0.155. The molecule has 0 spiro atoms. The lowest BCUT2D eigenvalue weighted by Crippen LogP contribution is -2.20. The number of nitrogens with zero attached hydrogens (tertiary/aromatic N) is 2. The van der Waals surface area contributed by atoms with Crippen LogP contribution in [0.4, 0.5) is 5.69 Å². The molecular weight excluding hydrogens is 326 g/mol. The largest absolute Gasteiger partial charge is 0.338 e. The van der Waals surface area contributed by atoms with Crippen LogP contribution in [0.3, 0.4) is 0 Å². The molecule has 3 aromatic rings. The van der Waals surface area contributed by atoms with Crippen molar-refractivity contribution >= 4 is 34.1 Å². The first-order valence-corrected chi connectivity index (χ1v) is 8.11. The van der Waals surface area contributed by atoms with Gasteiger partial charge in [0.25, 0.3) is 5.56 Å². The van der Waals surface area contributed by atoms with E-state index >= 15 is 0 Å². The van der Waals surface area contributed by atoms with Gasteiger partial charge < -0.3 is 14.5 Å². The summed E-state index contributed by atoms with van der Waals surface area (Å²) in [4.78, 5) is 24.6. The van der Waals surface area contributed by atoms with Gasteiger partial charge >= 0.3 is 0 Å². The third kappa shape index (κ3) is 3.08. The highest BCUT2D eigenvalue weighted by molar-refractivity contribution is 6.30. The Kier molecular flexibility index (Phi) is 4.44. The smallest absolute Gasteiger partial charge is 0.259 e. The fourth-order valence-corrected chi connectivity index (χ4v) is 2.96. The predicted octanol–water partition coefficient (Wildman–Crippen LogP) is 3.42. The summed E-state index contributed by atoms with van der Waals surface area (Å²) in [5.41, 5.74) is 2.35. The summed E-state index contributed by atoms with van der Waals surface area (Å²) < 4.78 is 3.42. The molecule has 0 fully saturated rings. The summed E-state index contributed by atoms with van der Waals surface area (Å²) in [7, 11) is 0. The standard InChI is InChI=1S/C18H18ClN3O2/c1-3-21-9-7-16-14(18(21)24)6-8-22(16)11-17(23)20-15-5-4-13(19)10-12(15)2/h4-10H,3,11H2,1-2H3,(H,20,23). The van der Waals surface area contributed by atoms with Crippen LogP contribution in [0.2, 0.25) is 5.02 Å². The Bertz CT molecular complexity index is 972. The maximum Gasteiger partial charge on any atom is 0.259 e. The number of carbonyl (C=O) groups excluding carboxylic acids is 1. The Morgan fingerprint density at radius 3 is 2.62 bits per heavy atom. The van der Waals surface area contributed by atoms with Crippen LogP contribution in [0.15, 0.2) is 47.5 Å². The van der Waals surface area contributed by atoms with E-state index < -0.39 is 0 Å². The number of fused-ring (bicyclic) bond motifs is 1. The number of halogens is 1. The molecule has 0 aliphatic rings. The van der Waals surface area contributed by atoms with Crippen LogP contribution >= 0.6 is 11.6 Å². The molecule has 0 radical (unpaired) electrons. The number of pyridine rings is 1. The van der Waals surface area contributed by atoms with Crippen LogP contribution < -0.4 is 10.9 Å². The molecule has 0 unspecified atom stereocenters. The molecule has 0 atom stereocenters. The van der Waals surface area contributed by atoms with Crippen molar-refractivity contribution in [1.29, 1.82) is 0 Å². The van der Waals surface area contributed by atoms with Crippen molar-refractivity contribution in [1.82, 2.24) is 9.13 Å². The normalized spacial score (nSPS) is 11.0. The first kappa shape index (κ1) is 16.3. The average Bonchev–Trinajstić information content (AvgIpc) is 2.94. The number of nitrogens with one attached hydrogen (secondary N) is 1. The van der Waals surface area contributed by atoms with E-state index in [0.717, 1.165) is 16.8 Å². The number of benzene rings is 1. The monoisotopic (exact) mass is 343 g/mol. The number of hydrogen-bond donors (Lipinski definition) is 1. The lowest BCUT2D eigenvalue weighted by molar-refractivity contribution is -0.116. The zero-order valence-electron chi connectivity index (χ0n) is 13.5. The van der Waals surface area contributed by atoms with Crippen molar-refractivity contribution in [2.24, 2.45) is 0 Å². The molecule has 0 saturated heterocycles. The molecule has 5 nitrogen and oxygen atoms in total. The molecule has 124 valence electrons. The number of rotatable bonds is 4. The van der Waals surface area contributed by atoms with Gasteiger partial charge in [-0.05, 0) is 49.7 Å². The zero-order chi connectivity index (χ0) is 17.3. The van der Waals surface area contributed by atoms with E-state index in [-0.39, 0.29) is 18.0 Å². The van der Waals surface area contributed by atoms with Crippen molar-refractivity contribution in [2.75, 3.05) is 5.32 Å². The molecule has 3 rings (SSSR count). The van der Waals surface area contributed by atoms with Crippen molar-refractivity contribution < 1.29 is 4.79 Å². The second-order valence-corrected chi connectivity index (χ2v) is 6.09. The number of carbonyl (C=O) groups is 1. The molecule has 2 aromatic heterocycles. The number of anilines is 1. The Labute approximate surface area is 144 Å². The van der Waals surface area contributed by atoms with Gasteiger partial charge in [-0.3, -0.25) is 9.59 Å². The van der Waals surface area contributed by atoms with E-state index in [2.05, 4.69) is 5.32 Å². The van der Waals surface area contributed by atoms with E-state index in [1.54, 1.807) is 45.8 Å². The third-order valence-electron chi connectivity index (χ3n) is 4.03. The SMILES string of the molecule is CCn1ccc2c(ccn2CC(=O)Nc2ccc(Cl)cc2C)c1=O. The number of aryl methyl sites for hydroxylation is 2. The molecule has 0 bridgehead atoms. The maximum absolute atomic E-state index is 12.3. The van der Waals surface area contributed by atoms with Gasteiger partial charge in [0.2, 0.25) is 5.91 Å². The molecule has 1 aromatic carbocycles. The Hall–Kier alpha value is -2.53. The zero-order valence-corrected chi connectivity index (χ0v) is 14.3. The van der Waals surface area contributed by atoms with Crippen LogP contribution in [0.1, 0.15) is 12.5 Å². The van der Waals surface area contributed by atoms with Gasteiger partial charge in [0.15, 0.2) is 0 Å². The van der Waals surface area contributed by atoms with E-state index in [9.17, 15) is 9.59 Å². The van der Waals surface area contributed by atoms with Gasteiger partial charge in [-0.25, -0.2) is 0 Å². The van der Waals surface area contributed by atoms with E-state index in [0.29, 0.717) is 17.0 Å². The van der Waals surface area contributed by atoms with E-state index in [1.165, 1.54) is 0 Å². The molecule has 0 saturated carbocycles. The van der Waals surface area contributed by atoms with Gasteiger partial charge in [-0.1, -0.05) is 11.6 Å². The van der Waals surface area contributed by atoms with Gasteiger partial charge in [0.05, 0.1) is 10.9 Å². The van der Waals surface area contributed by atoms with Crippen LogP contribution in [0.5, 0.6) is 0 Å². The second kappa shape index (κ2) is 6.53. The molecule has 6 heteroatoms. The van der Waals surface area contributed by atoms with Crippen LogP contribution in [-0.4, -0.2) is 15.0 Å². The Morgan fingerprint density at radius 2 is 1.92 bits per heavy atom.